The number of carbonyl (C=O) groups excluding carboxylic acids is 2. The maximum atomic E-state index is 12.1. The molecule has 0 radical (unpaired) electrons. The van der Waals surface area contributed by atoms with Crippen LogP contribution in [0.25, 0.3) is 0 Å². The van der Waals surface area contributed by atoms with E-state index < -0.39 is 12.1 Å². The van der Waals surface area contributed by atoms with Crippen molar-refractivity contribution < 1.29 is 19.1 Å². The molecule has 0 fully saturated rings. The van der Waals surface area contributed by atoms with Crippen molar-refractivity contribution >= 4 is 51.5 Å². The van der Waals surface area contributed by atoms with Gasteiger partial charge in [-0.2, -0.15) is 0 Å². The Hall–Kier alpha value is -1.90. The van der Waals surface area contributed by atoms with Crippen LogP contribution in [0.3, 0.4) is 0 Å². The summed E-state index contributed by atoms with van der Waals surface area (Å²) in [6, 6.07) is 18.0. The van der Waals surface area contributed by atoms with E-state index in [9.17, 15) is 9.59 Å². The third kappa shape index (κ3) is 8.97. The lowest BCUT2D eigenvalue weighted by Crippen LogP contribution is -2.33. The molecule has 154 valence electrons. The van der Waals surface area contributed by atoms with E-state index in [0.717, 1.165) is 20.3 Å². The highest BCUT2D eigenvalue weighted by atomic mass is 79.9. The monoisotopic (exact) mass is 495 g/mol. The Labute approximate surface area is 187 Å². The lowest BCUT2D eigenvalue weighted by atomic mass is 10.4. The van der Waals surface area contributed by atoms with Gasteiger partial charge in [0.05, 0.1) is 11.1 Å². The minimum absolute atomic E-state index is 0.0529. The number of halogens is 1. The predicted octanol–water partition coefficient (Wildman–Crippen LogP) is 5.50. The van der Waals surface area contributed by atoms with Crippen molar-refractivity contribution in [1.29, 1.82) is 0 Å². The summed E-state index contributed by atoms with van der Waals surface area (Å²) < 4.78 is 11.3. The first-order valence-electron chi connectivity index (χ1n) is 8.85. The summed E-state index contributed by atoms with van der Waals surface area (Å²) in [5, 5.41) is 2.59. The van der Waals surface area contributed by atoms with Crippen LogP contribution < -0.4 is 5.32 Å². The van der Waals surface area contributed by atoms with Gasteiger partial charge in [-0.15, -0.1) is 23.5 Å². The van der Waals surface area contributed by atoms with Crippen LogP contribution >= 0.6 is 39.5 Å². The Kier molecular flexibility index (Phi) is 10.2. The van der Waals surface area contributed by atoms with Crippen LogP contribution in [0.2, 0.25) is 0 Å². The van der Waals surface area contributed by atoms with E-state index in [-0.39, 0.29) is 23.8 Å². The van der Waals surface area contributed by atoms with Gasteiger partial charge in [0.25, 0.3) is 0 Å². The molecule has 0 aliphatic rings. The molecule has 2 rings (SSSR count). The second-order valence-corrected chi connectivity index (χ2v) is 9.42. The molecule has 8 heteroatoms. The number of ether oxygens (including phenoxy) is 2. The first-order chi connectivity index (χ1) is 14.0. The Balaban J connectivity index is 1.95. The molecule has 0 spiro atoms. The average Bonchev–Trinajstić information content (AvgIpc) is 2.72. The quantitative estimate of drug-likeness (QED) is 0.154. The Bertz CT molecular complexity index is 802. The molecule has 0 aliphatic heterocycles. The third-order valence-electron chi connectivity index (χ3n) is 3.52. The minimum Gasteiger partial charge on any atom is -0.461 e. The summed E-state index contributed by atoms with van der Waals surface area (Å²) in [6.07, 6.45) is 0.150. The zero-order chi connectivity index (χ0) is 21.1. The number of benzene rings is 2. The van der Waals surface area contributed by atoms with Gasteiger partial charge in [0.2, 0.25) is 0 Å². The van der Waals surface area contributed by atoms with Gasteiger partial charge in [-0.1, -0.05) is 40.7 Å². The summed E-state index contributed by atoms with van der Waals surface area (Å²) >= 11 is 6.71. The molecule has 1 unspecified atom stereocenters. The van der Waals surface area contributed by atoms with Gasteiger partial charge in [-0.25, -0.2) is 9.59 Å². The molecule has 2 atom stereocenters. The molecule has 1 N–H and O–H groups in total. The summed E-state index contributed by atoms with van der Waals surface area (Å²) in [5.41, 5.74) is 0. The molecule has 0 saturated carbocycles. The van der Waals surface area contributed by atoms with Gasteiger partial charge in [-0.3, -0.25) is 0 Å². The fourth-order valence-corrected chi connectivity index (χ4v) is 4.89. The second-order valence-electron chi connectivity index (χ2n) is 5.78. The third-order valence-corrected chi connectivity index (χ3v) is 6.95. The van der Waals surface area contributed by atoms with Crippen molar-refractivity contribution in [3.63, 3.8) is 0 Å². The summed E-state index contributed by atoms with van der Waals surface area (Å²) in [5.74, 6) is -0.529. The number of hydrogen-bond donors (Lipinski definition) is 1. The first-order valence-corrected chi connectivity index (χ1v) is 11.4. The maximum absolute atomic E-state index is 12.1. The van der Waals surface area contributed by atoms with E-state index >= 15 is 0 Å². The predicted molar refractivity (Wildman–Crippen MR) is 121 cm³/mol. The zero-order valence-corrected chi connectivity index (χ0v) is 19.1. The molecule has 29 heavy (non-hydrogen) atoms. The van der Waals surface area contributed by atoms with Crippen LogP contribution in [-0.2, 0) is 14.3 Å². The fraction of sp³-hybridized carbons (Fsp3) is 0.238. The van der Waals surface area contributed by atoms with Crippen LogP contribution in [0.15, 0.2) is 81.5 Å². The van der Waals surface area contributed by atoms with Gasteiger partial charge in [-0.05, 0) is 43.3 Å². The van der Waals surface area contributed by atoms with Gasteiger partial charge in [0.15, 0.2) is 0 Å². The van der Waals surface area contributed by atoms with Crippen molar-refractivity contribution in [2.45, 2.75) is 27.4 Å². The molecule has 2 aromatic rings. The van der Waals surface area contributed by atoms with Gasteiger partial charge < -0.3 is 14.8 Å². The van der Waals surface area contributed by atoms with E-state index in [1.807, 2.05) is 61.5 Å². The van der Waals surface area contributed by atoms with E-state index in [1.54, 1.807) is 23.5 Å². The lowest BCUT2D eigenvalue weighted by molar-refractivity contribution is -0.137. The normalized spacial score (nSPS) is 12.5. The van der Waals surface area contributed by atoms with Crippen molar-refractivity contribution in [3.8, 4) is 0 Å². The molecule has 0 saturated heterocycles. The van der Waals surface area contributed by atoms with Crippen molar-refractivity contribution in [1.82, 2.24) is 5.32 Å². The van der Waals surface area contributed by atoms with E-state index in [2.05, 4.69) is 27.8 Å². The zero-order valence-electron chi connectivity index (χ0n) is 15.9. The molecule has 5 nitrogen and oxygen atoms in total. The second kappa shape index (κ2) is 12.6. The summed E-state index contributed by atoms with van der Waals surface area (Å²) in [7, 11) is 0. The summed E-state index contributed by atoms with van der Waals surface area (Å²) in [6.45, 7) is 5.41. The first kappa shape index (κ1) is 23.4. The number of esters is 1. The molecule has 0 heterocycles. The molecule has 1 amide bonds. The van der Waals surface area contributed by atoms with Crippen LogP contribution in [0, 0.1) is 0 Å². The highest BCUT2D eigenvalue weighted by molar-refractivity contribution is 9.10. The van der Waals surface area contributed by atoms with Crippen LogP contribution in [0.1, 0.15) is 6.92 Å². The average molecular weight is 496 g/mol. The molecular formula is C21H22BrNO4S2. The van der Waals surface area contributed by atoms with Crippen LogP contribution in [-0.4, -0.2) is 35.9 Å². The number of carbonyl (C=O) groups is 2. The van der Waals surface area contributed by atoms with Crippen molar-refractivity contribution in [2.24, 2.45) is 0 Å². The van der Waals surface area contributed by atoms with Gasteiger partial charge >= 0.3 is 12.1 Å². The number of alkyl carbamates (subject to hydrolysis) is 1. The van der Waals surface area contributed by atoms with Gasteiger partial charge in [0, 0.05) is 20.3 Å². The molecule has 0 aromatic heterocycles. The van der Waals surface area contributed by atoms with Crippen molar-refractivity contribution in [3.05, 3.63) is 71.7 Å². The number of hydrogen-bond acceptors (Lipinski definition) is 6. The number of rotatable bonds is 10. The highest BCUT2D eigenvalue weighted by Crippen LogP contribution is 2.38. The van der Waals surface area contributed by atoms with Crippen LogP contribution in [0.4, 0.5) is 4.79 Å². The standard InChI is InChI=1S/C21H22BrNO4S2/c1-3-19(24)26-14-13-23-21(25)27-15(2)20(28-17-7-5-4-6-8-17)29-18-11-9-16(22)10-12-18/h3-12,15,20H,1,13-14H2,2H3,(H,23,25)/t15?,20-/m0/s1. The Morgan fingerprint density at radius 3 is 2.34 bits per heavy atom. The maximum Gasteiger partial charge on any atom is 0.407 e. The minimum atomic E-state index is -0.554. The van der Waals surface area contributed by atoms with Crippen molar-refractivity contribution in [2.75, 3.05) is 13.2 Å². The number of amides is 1. The molecule has 0 bridgehead atoms. The Morgan fingerprint density at radius 2 is 1.72 bits per heavy atom. The fourth-order valence-electron chi connectivity index (χ4n) is 2.13. The molecule has 0 aliphatic carbocycles. The van der Waals surface area contributed by atoms with Gasteiger partial charge in [0.1, 0.15) is 12.7 Å². The largest absolute Gasteiger partial charge is 0.461 e. The smallest absolute Gasteiger partial charge is 0.407 e. The van der Waals surface area contributed by atoms with Crippen LogP contribution in [0.5, 0.6) is 0 Å². The number of nitrogens with one attached hydrogen (secondary N) is 1. The van der Waals surface area contributed by atoms with E-state index in [4.69, 9.17) is 9.47 Å². The number of thioether (sulfide) groups is 2. The van der Waals surface area contributed by atoms with E-state index in [0.29, 0.717) is 0 Å². The van der Waals surface area contributed by atoms with E-state index in [1.165, 1.54) is 0 Å². The summed E-state index contributed by atoms with van der Waals surface area (Å²) in [4.78, 5) is 25.3. The molecular weight excluding hydrogens is 474 g/mol. The Morgan fingerprint density at radius 1 is 1.10 bits per heavy atom. The lowest BCUT2D eigenvalue weighted by Gasteiger charge is -2.23. The highest BCUT2D eigenvalue weighted by Gasteiger charge is 2.23. The molecule has 2 aromatic carbocycles. The SMILES string of the molecule is C=CC(=O)OCCNC(=O)OC(C)[C@@H](Sc1ccccc1)Sc1ccc(Br)cc1. The topological polar surface area (TPSA) is 64.6 Å².